The van der Waals surface area contributed by atoms with Crippen LogP contribution in [0.1, 0.15) is 219 Å². The Morgan fingerprint density at radius 1 is 0.569 bits per heavy atom. The minimum atomic E-state index is -4.71. The lowest BCUT2D eigenvalue weighted by Gasteiger charge is -2.40. The second-order valence-electron chi connectivity index (χ2n) is 19.2. The average Bonchev–Trinajstić information content (AvgIpc) is 3.35. The molecule has 0 aromatic rings. The lowest BCUT2D eigenvalue weighted by atomic mass is 9.97. The number of carbonyl (C=O) groups excluding carboxylic acids is 4. The number of ether oxygens (including phenoxy) is 5. The van der Waals surface area contributed by atoms with Crippen molar-refractivity contribution < 1.29 is 81.8 Å². The summed E-state index contributed by atoms with van der Waals surface area (Å²) in [4.78, 5) is 60.0. The third-order valence-electron chi connectivity index (χ3n) is 12.7. The molecule has 0 aromatic heterocycles. The molecule has 1 aliphatic rings. The molecular weight excluding hydrogens is 956 g/mol. The van der Waals surface area contributed by atoms with E-state index in [4.69, 9.17) is 32.7 Å². The summed E-state index contributed by atoms with van der Waals surface area (Å²) in [6, 6.07) is -1.39. The topological polar surface area (TPSA) is 275 Å². The highest BCUT2D eigenvalue weighted by Crippen LogP contribution is 2.43. The molecule has 2 amide bonds. The fourth-order valence-corrected chi connectivity index (χ4v) is 9.07. The van der Waals surface area contributed by atoms with E-state index in [1.54, 1.807) is 0 Å². The van der Waals surface area contributed by atoms with Gasteiger partial charge in [-0.25, -0.2) is 9.36 Å². The molecule has 6 unspecified atom stereocenters. The Labute approximate surface area is 431 Å². The number of hydrogen-bond acceptors (Lipinski definition) is 16. The number of amides is 2. The van der Waals surface area contributed by atoms with Gasteiger partial charge < -0.3 is 59.6 Å². The highest BCUT2D eigenvalue weighted by Gasteiger charge is 2.44. The van der Waals surface area contributed by atoms with Gasteiger partial charge in [0.2, 0.25) is 5.91 Å². The minimum absolute atomic E-state index is 0.142. The summed E-state index contributed by atoms with van der Waals surface area (Å²) < 4.78 is 48.8. The molecule has 72 heavy (non-hydrogen) atoms. The predicted octanol–water partition coefficient (Wildman–Crippen LogP) is 8.76. The van der Waals surface area contributed by atoms with Crippen LogP contribution >= 0.6 is 7.82 Å². The van der Waals surface area contributed by atoms with Crippen LogP contribution in [0, 0.1) is 0 Å². The second kappa shape index (κ2) is 45.9. The summed E-state index contributed by atoms with van der Waals surface area (Å²) in [7, 11) is -4.71. The Kier molecular flexibility index (Phi) is 43.1. The Hall–Kier alpha value is -2.45. The Morgan fingerprint density at radius 2 is 1.03 bits per heavy atom. The third kappa shape index (κ3) is 38.2. The van der Waals surface area contributed by atoms with E-state index in [0.29, 0.717) is 12.8 Å². The van der Waals surface area contributed by atoms with Gasteiger partial charge in [-0.1, -0.05) is 194 Å². The zero-order chi connectivity index (χ0) is 52.9. The lowest BCUT2D eigenvalue weighted by Crippen LogP contribution is -2.64. The van der Waals surface area contributed by atoms with Crippen LogP contribution in [0.5, 0.6) is 0 Å². The molecule has 20 heteroatoms. The molecule has 0 saturated carbocycles. The van der Waals surface area contributed by atoms with Crippen molar-refractivity contribution >= 4 is 31.8 Å². The van der Waals surface area contributed by atoms with Crippen molar-refractivity contribution in [3.05, 3.63) is 0 Å². The Bertz CT molecular complexity index is 1400. The van der Waals surface area contributed by atoms with Gasteiger partial charge in [-0.3, -0.25) is 23.4 Å². The van der Waals surface area contributed by atoms with Crippen LogP contribution in [0.25, 0.3) is 0 Å². The maximum atomic E-state index is 12.8. The number of hydrogen-bond donors (Lipinski definition) is 7. The van der Waals surface area contributed by atoms with Gasteiger partial charge in [0.15, 0.2) is 12.4 Å². The first-order chi connectivity index (χ1) is 34.8. The highest BCUT2D eigenvalue weighted by atomic mass is 31.2. The standard InChI is InChI=1S/C52H99N2O17P/c1-3-5-7-9-11-13-15-17-19-21-23-25-27-29-31-33-46(57)67-40-43(70-47(58)34-32-30-28-26-24-22-20-18-16-14-12-10-8-6-4-2)41-69-72(63,64)68-36-35-53-52(62)66-38-37-65-42-45(56)54-48-50(60)49(59)44(39-55)71-51(48)61/h43-44,48-51,55,59-61H,3-42H2,1-2H3,(H,53,62)(H,54,56)(H,63,64)/t43-,44?,48?,49?,50?,51?/m1/s1. The van der Waals surface area contributed by atoms with Crippen LogP contribution in [0.3, 0.4) is 0 Å². The first-order valence-electron chi connectivity index (χ1n) is 27.9. The third-order valence-corrected chi connectivity index (χ3v) is 13.7. The number of aliphatic hydroxyl groups excluding tert-OH is 4. The van der Waals surface area contributed by atoms with Crippen molar-refractivity contribution in [2.45, 2.75) is 256 Å². The maximum absolute atomic E-state index is 12.8. The zero-order valence-corrected chi connectivity index (χ0v) is 45.2. The number of phosphoric ester groups is 1. The number of phosphoric acid groups is 1. The number of nitrogens with one attached hydrogen (secondary N) is 2. The van der Waals surface area contributed by atoms with E-state index in [1.807, 2.05) is 0 Å². The quantitative estimate of drug-likeness (QED) is 0.0130. The average molecular weight is 1060 g/mol. The Balaban J connectivity index is 2.39. The fraction of sp³-hybridized carbons (Fsp3) is 0.923. The molecule has 7 atom stereocenters. The largest absolute Gasteiger partial charge is 0.472 e. The van der Waals surface area contributed by atoms with Gasteiger partial charge >= 0.3 is 25.9 Å². The number of esters is 2. The zero-order valence-electron chi connectivity index (χ0n) is 44.3. The van der Waals surface area contributed by atoms with Gasteiger partial charge in [-0.2, -0.15) is 0 Å². The summed E-state index contributed by atoms with van der Waals surface area (Å²) in [5.41, 5.74) is 0. The maximum Gasteiger partial charge on any atom is 0.472 e. The highest BCUT2D eigenvalue weighted by molar-refractivity contribution is 7.47. The van der Waals surface area contributed by atoms with Crippen molar-refractivity contribution in [1.82, 2.24) is 10.6 Å². The van der Waals surface area contributed by atoms with Crippen LogP contribution in [-0.2, 0) is 51.7 Å². The fourth-order valence-electron chi connectivity index (χ4n) is 8.32. The molecule has 424 valence electrons. The van der Waals surface area contributed by atoms with Gasteiger partial charge in [0, 0.05) is 19.4 Å². The van der Waals surface area contributed by atoms with E-state index in [2.05, 4.69) is 24.5 Å². The molecule has 1 heterocycles. The molecule has 0 spiro atoms. The van der Waals surface area contributed by atoms with E-state index in [-0.39, 0.29) is 39.2 Å². The van der Waals surface area contributed by atoms with Crippen LogP contribution in [0.2, 0.25) is 0 Å². The first-order valence-corrected chi connectivity index (χ1v) is 29.4. The number of rotatable bonds is 49. The summed E-state index contributed by atoms with van der Waals surface area (Å²) in [6.07, 6.45) is 28.2. The molecule has 1 aliphatic heterocycles. The van der Waals surface area contributed by atoms with Gasteiger partial charge in [-0.05, 0) is 12.8 Å². The van der Waals surface area contributed by atoms with E-state index >= 15 is 0 Å². The van der Waals surface area contributed by atoms with Gasteiger partial charge in [0.25, 0.3) is 0 Å². The minimum Gasteiger partial charge on any atom is -0.462 e. The SMILES string of the molecule is CCCCCCCCCCCCCCCCCC(=O)OC[C@H](COP(=O)(O)OCCNC(=O)OCCOCC(=O)NC1C(O)OC(CO)C(O)C1O)OC(=O)CCCCCCCCCCCCCCCCC. The predicted molar refractivity (Wildman–Crippen MR) is 274 cm³/mol. The monoisotopic (exact) mass is 1050 g/mol. The smallest absolute Gasteiger partial charge is 0.462 e. The van der Waals surface area contributed by atoms with E-state index in [1.165, 1.54) is 141 Å². The van der Waals surface area contributed by atoms with Crippen molar-refractivity contribution in [3.63, 3.8) is 0 Å². The van der Waals surface area contributed by atoms with Crippen molar-refractivity contribution in [3.8, 4) is 0 Å². The van der Waals surface area contributed by atoms with E-state index < -0.39 is 94.9 Å². The van der Waals surface area contributed by atoms with Crippen molar-refractivity contribution in [2.24, 2.45) is 0 Å². The molecule has 0 bridgehead atoms. The van der Waals surface area contributed by atoms with E-state index in [0.717, 1.165) is 38.5 Å². The van der Waals surface area contributed by atoms with Crippen LogP contribution in [0.15, 0.2) is 0 Å². The number of alkyl carbamates (subject to hydrolysis) is 1. The molecule has 19 nitrogen and oxygen atoms in total. The normalized spacial score (nSPS) is 19.1. The van der Waals surface area contributed by atoms with Crippen LogP contribution in [-0.4, -0.2) is 139 Å². The van der Waals surface area contributed by atoms with Crippen LogP contribution in [0.4, 0.5) is 4.79 Å². The first kappa shape index (κ1) is 67.6. The molecule has 1 rings (SSSR count). The molecule has 0 radical (unpaired) electrons. The molecule has 1 saturated heterocycles. The number of carbonyl (C=O) groups is 4. The van der Waals surface area contributed by atoms with E-state index in [9.17, 15) is 49.1 Å². The van der Waals surface area contributed by atoms with Crippen molar-refractivity contribution in [1.29, 1.82) is 0 Å². The summed E-state index contributed by atoms with van der Waals surface area (Å²) in [5, 5.41) is 43.8. The van der Waals surface area contributed by atoms with Crippen LogP contribution < -0.4 is 10.6 Å². The second-order valence-corrected chi connectivity index (χ2v) is 20.7. The summed E-state index contributed by atoms with van der Waals surface area (Å²) in [5.74, 6) is -1.77. The summed E-state index contributed by atoms with van der Waals surface area (Å²) >= 11 is 0. The molecule has 0 aromatic carbocycles. The number of aliphatic hydroxyl groups is 4. The molecule has 1 fully saturated rings. The lowest BCUT2D eigenvalue weighted by molar-refractivity contribution is -0.254. The molecular formula is C52H99N2O17P. The van der Waals surface area contributed by atoms with Crippen molar-refractivity contribution in [2.75, 3.05) is 52.8 Å². The van der Waals surface area contributed by atoms with Gasteiger partial charge in [-0.15, -0.1) is 0 Å². The Morgan fingerprint density at radius 3 is 1.50 bits per heavy atom. The van der Waals surface area contributed by atoms with Gasteiger partial charge in [0.05, 0.1) is 26.4 Å². The summed E-state index contributed by atoms with van der Waals surface area (Å²) in [6.45, 7) is 1.09. The molecule has 7 N–H and O–H groups in total. The molecule has 0 aliphatic carbocycles. The van der Waals surface area contributed by atoms with Gasteiger partial charge in [0.1, 0.15) is 44.2 Å². The number of unbranched alkanes of at least 4 members (excludes halogenated alkanes) is 28.